The molecule has 8 rings (SSSR count). The van der Waals surface area contributed by atoms with Gasteiger partial charge in [0.15, 0.2) is 8.32 Å². The van der Waals surface area contributed by atoms with Gasteiger partial charge in [-0.25, -0.2) is 0 Å². The zero-order valence-corrected chi connectivity index (χ0v) is 58.7. The molecule has 6 aliphatic rings. The fourth-order valence-electron chi connectivity index (χ4n) is 15.3. The molecular formula is C71H109I2O6PSi. The summed E-state index contributed by atoms with van der Waals surface area (Å²) in [6.45, 7) is 37.6. The quantitative estimate of drug-likeness (QED) is 0.0544. The third-order valence-corrected chi connectivity index (χ3v) is 23.5. The van der Waals surface area contributed by atoms with Gasteiger partial charge in [-0.15, -0.1) is 0 Å². The number of aliphatic hydroxyl groups excluding tert-OH is 3. The highest BCUT2D eigenvalue weighted by Crippen LogP contribution is 2.58. The molecular weight excluding hydrogens is 1260 g/mol. The third kappa shape index (κ3) is 19.4. The molecule has 0 aromatic heterocycles. The normalized spacial score (nSPS) is 30.2. The van der Waals surface area contributed by atoms with Crippen LogP contribution in [0.15, 0.2) is 143 Å². The monoisotopic (exact) mass is 1370 g/mol. The van der Waals surface area contributed by atoms with Gasteiger partial charge in [-0.05, 0) is 212 Å². The fourth-order valence-corrected chi connectivity index (χ4v) is 19.5. The van der Waals surface area contributed by atoms with Crippen LogP contribution in [-0.4, -0.2) is 64.4 Å². The van der Waals surface area contributed by atoms with E-state index in [9.17, 15) is 25.0 Å². The van der Waals surface area contributed by atoms with Crippen molar-refractivity contribution in [3.63, 3.8) is 0 Å². The Hall–Kier alpha value is -1.67. The number of benzene rings is 2. The summed E-state index contributed by atoms with van der Waals surface area (Å²) in [5, 5.41) is 42.4. The summed E-state index contributed by atoms with van der Waals surface area (Å²) in [5.41, 5.74) is 8.97. The predicted octanol–water partition coefficient (Wildman–Crippen LogP) is 18.9. The van der Waals surface area contributed by atoms with E-state index < -0.39 is 33.3 Å². The maximum atomic E-state index is 14.1. The van der Waals surface area contributed by atoms with Gasteiger partial charge in [0.05, 0.1) is 29.5 Å². The second-order valence-electron chi connectivity index (χ2n) is 28.3. The Bertz CT molecular complexity index is 2530. The van der Waals surface area contributed by atoms with Crippen molar-refractivity contribution < 1.29 is 29.4 Å². The van der Waals surface area contributed by atoms with Crippen LogP contribution in [0.1, 0.15) is 185 Å². The van der Waals surface area contributed by atoms with Crippen molar-refractivity contribution in [3.8, 4) is 0 Å². The summed E-state index contributed by atoms with van der Waals surface area (Å²) in [6, 6.07) is 19.8. The molecule has 0 saturated heterocycles. The van der Waals surface area contributed by atoms with Crippen LogP contribution in [-0.2, 0) is 8.99 Å². The van der Waals surface area contributed by atoms with Crippen molar-refractivity contribution in [2.45, 2.75) is 234 Å². The van der Waals surface area contributed by atoms with E-state index in [2.05, 4.69) is 156 Å². The van der Waals surface area contributed by atoms with Crippen molar-refractivity contribution in [2.24, 2.45) is 46.3 Å². The van der Waals surface area contributed by atoms with Gasteiger partial charge in [-0.3, -0.25) is 0 Å². The lowest BCUT2D eigenvalue weighted by Crippen LogP contribution is -2.39. The zero-order valence-electron chi connectivity index (χ0n) is 52.5. The number of hydrogen-bond acceptors (Lipinski definition) is 6. The van der Waals surface area contributed by atoms with Crippen LogP contribution >= 0.6 is 44.4 Å². The molecule has 452 valence electrons. The molecule has 2 aromatic rings. The number of fused-ring (bicyclic) bond motifs is 2. The van der Waals surface area contributed by atoms with Crippen molar-refractivity contribution in [3.05, 3.63) is 143 Å². The predicted molar refractivity (Wildman–Crippen MR) is 367 cm³/mol. The van der Waals surface area contributed by atoms with E-state index in [0.717, 1.165) is 79.5 Å². The average molecular weight is 1370 g/mol. The first kappa shape index (κ1) is 70.1. The smallest absolute Gasteiger partial charge is 0.184 e. The fraction of sp³-hybridized carbons (Fsp3) is 0.634. The topological polar surface area (TPSA) is 107 Å². The van der Waals surface area contributed by atoms with Crippen LogP contribution in [0, 0.1) is 46.3 Å². The Balaban J connectivity index is 0.000000221. The summed E-state index contributed by atoms with van der Waals surface area (Å²) in [6.07, 6.45) is 30.0. The largest absolute Gasteiger partial charge is 0.413 e. The summed E-state index contributed by atoms with van der Waals surface area (Å²) in [7, 11) is -4.15. The van der Waals surface area contributed by atoms with Crippen LogP contribution < -0.4 is 10.6 Å². The van der Waals surface area contributed by atoms with Crippen molar-refractivity contribution in [2.75, 3.05) is 6.16 Å². The molecule has 4 fully saturated rings. The van der Waals surface area contributed by atoms with Gasteiger partial charge < -0.3 is 29.4 Å². The highest BCUT2D eigenvalue weighted by Gasteiger charge is 2.48. The Morgan fingerprint density at radius 2 is 1.32 bits per heavy atom. The Morgan fingerprint density at radius 1 is 0.765 bits per heavy atom. The molecule has 3 unspecified atom stereocenters. The van der Waals surface area contributed by atoms with E-state index in [1.54, 1.807) is 11.1 Å². The number of rotatable bonds is 17. The van der Waals surface area contributed by atoms with E-state index >= 15 is 0 Å². The van der Waals surface area contributed by atoms with Crippen LogP contribution in [0.3, 0.4) is 0 Å². The first-order valence-electron chi connectivity index (χ1n) is 31.2. The van der Waals surface area contributed by atoms with Crippen molar-refractivity contribution in [1.29, 1.82) is 0 Å². The molecule has 6 nitrogen and oxygen atoms in total. The minimum atomic E-state index is -2.67. The van der Waals surface area contributed by atoms with Crippen molar-refractivity contribution >= 4 is 63.3 Å². The minimum Gasteiger partial charge on any atom is -0.413 e. The summed E-state index contributed by atoms with van der Waals surface area (Å²) in [5.74, 6) is 3.40. The number of allylic oxidation sites excluding steroid dienone is 10. The van der Waals surface area contributed by atoms with Crippen LogP contribution in [0.4, 0.5) is 0 Å². The third-order valence-electron chi connectivity index (χ3n) is 19.4. The lowest BCUT2D eigenvalue weighted by Gasteiger charge is -2.43. The van der Waals surface area contributed by atoms with Gasteiger partial charge in [-0.2, -0.15) is 0 Å². The van der Waals surface area contributed by atoms with Gasteiger partial charge in [0.25, 0.3) is 0 Å². The van der Waals surface area contributed by atoms with Gasteiger partial charge in [0, 0.05) is 60.4 Å². The Morgan fingerprint density at radius 3 is 1.90 bits per heavy atom. The maximum Gasteiger partial charge on any atom is 0.184 e. The van der Waals surface area contributed by atoms with Gasteiger partial charge in [0.2, 0.25) is 0 Å². The van der Waals surface area contributed by atoms with Crippen LogP contribution in [0.25, 0.3) is 0 Å². The molecule has 0 spiro atoms. The zero-order chi connectivity index (χ0) is 60.1. The molecule has 11 atom stereocenters. The van der Waals surface area contributed by atoms with Crippen LogP contribution in [0.2, 0.25) is 19.6 Å². The lowest BCUT2D eigenvalue weighted by molar-refractivity contribution is 0.00760. The summed E-state index contributed by atoms with van der Waals surface area (Å²) < 4.78 is 20.4. The van der Waals surface area contributed by atoms with E-state index in [1.165, 1.54) is 61.7 Å². The SMILES string of the molecule is C=C1/C(=C\C=C2/CCC[C@]3(C)C([C@@H](C)CCCC(C)(C)O)=CCC23)C[C@H](O)C[C@@H]1O.C=C1/C(=C\CP(=O)(c2ccccc2)c2ccccc2)C[C@H](C)C[C@@H]1C.C[C@@H](CCCC(C)(C)O[Si](C)(C)C)C1=CCC2C(O)CCC[C@]12C.II. The molecule has 0 radical (unpaired) electrons. The summed E-state index contributed by atoms with van der Waals surface area (Å²) >= 11 is 4.24. The number of hydrogen-bond donors (Lipinski definition) is 4. The molecule has 10 heteroatoms. The molecule has 0 bridgehead atoms. The van der Waals surface area contributed by atoms with Crippen LogP contribution in [0.5, 0.6) is 0 Å². The highest BCUT2D eigenvalue weighted by molar-refractivity contribution is 15.0. The van der Waals surface area contributed by atoms with Gasteiger partial charge >= 0.3 is 0 Å². The molecule has 0 heterocycles. The highest BCUT2D eigenvalue weighted by atomic mass is 128. The lowest BCUT2D eigenvalue weighted by atomic mass is 9.62. The molecule has 0 amide bonds. The molecule has 4 N–H and O–H groups in total. The van der Waals surface area contributed by atoms with Crippen molar-refractivity contribution in [1.82, 2.24) is 0 Å². The van der Waals surface area contributed by atoms with E-state index in [-0.39, 0.29) is 22.5 Å². The number of aliphatic hydroxyl groups is 4. The van der Waals surface area contributed by atoms with Gasteiger partial charge in [0.1, 0.15) is 7.14 Å². The first-order chi connectivity index (χ1) is 38.0. The molecule has 0 aliphatic heterocycles. The summed E-state index contributed by atoms with van der Waals surface area (Å²) in [4.78, 5) is 0. The second-order valence-corrected chi connectivity index (χ2v) is 35.6. The average Bonchev–Trinajstić information content (AvgIpc) is 4.23. The molecule has 81 heavy (non-hydrogen) atoms. The second kappa shape index (κ2) is 30.8. The Kier molecular flexibility index (Phi) is 26.6. The number of halogens is 2. The van der Waals surface area contributed by atoms with E-state index in [1.807, 2.05) is 74.5 Å². The first-order valence-corrected chi connectivity index (χ1v) is 42.7. The molecule has 6 aliphatic carbocycles. The Labute approximate surface area is 518 Å². The van der Waals surface area contributed by atoms with E-state index in [4.69, 9.17) is 4.43 Å². The minimum absolute atomic E-state index is 0.00171. The molecule has 4 saturated carbocycles. The standard InChI is InChI=1S/C27H42O3.C23H27OP.C21H40O2Si.I2/c1-18(8-6-14-26(3,4)30)23-12-13-24-20(9-7-15-27(23,24)5)10-11-21-16-22(28)17-25(29)19(21)2;1-18-16-19(2)20(3)21(17-18)14-15-25(24,22-10-6-4-7-11-22)23-12-8-5-9-13-23;1-16(10-8-14-20(2,3)23-24(5,6)7)17-12-13-18-19(22)11-9-15-21(17,18)4;1-2/h10-12,18,22,24-25,28-30H,2,6-9,13-17H2,1,3-5H3;4-14,18-19H,3,15-17H2,1-2H3;12,16,18-19,22H,8-11,13-15H2,1-7H3;/b20-10+,21-11-;21-14-;;/t18-,22-,24?,25-,27+;18-,19+;16-,18?,19?,21+;/m010./s1. The van der Waals surface area contributed by atoms with Gasteiger partial charge in [-0.1, -0.05) is 175 Å². The molecule has 2 aromatic carbocycles. The van der Waals surface area contributed by atoms with E-state index in [0.29, 0.717) is 54.5 Å². The maximum absolute atomic E-state index is 14.1.